The van der Waals surface area contributed by atoms with Gasteiger partial charge in [-0.05, 0) is 13.1 Å². The lowest BCUT2D eigenvalue weighted by molar-refractivity contribution is 0.0958. The number of thiophene rings is 1. The highest BCUT2D eigenvalue weighted by Crippen LogP contribution is 2.34. The lowest BCUT2D eigenvalue weighted by Gasteiger charge is -2.22. The lowest BCUT2D eigenvalue weighted by Crippen LogP contribution is -2.31. The minimum Gasteiger partial charge on any atom is -0.306 e. The third-order valence-corrected chi connectivity index (χ3v) is 5.30. The summed E-state index contributed by atoms with van der Waals surface area (Å²) in [5.74, 6) is -0.229. The summed E-state index contributed by atoms with van der Waals surface area (Å²) in [6.07, 6.45) is 1.80. The van der Waals surface area contributed by atoms with E-state index in [-0.39, 0.29) is 5.91 Å². The second-order valence-electron chi connectivity index (χ2n) is 5.16. The summed E-state index contributed by atoms with van der Waals surface area (Å²) in [6.45, 7) is 1.97. The molecule has 0 unspecified atom stereocenters. The second-order valence-corrected chi connectivity index (χ2v) is 6.59. The monoisotopic (exact) mass is 321 g/mol. The van der Waals surface area contributed by atoms with Gasteiger partial charge in [0.05, 0.1) is 5.02 Å². The molecule has 0 atom stereocenters. The number of carbonyl (C=O) groups is 1. The van der Waals surface area contributed by atoms with Crippen LogP contribution in [0.25, 0.3) is 10.1 Å². The maximum Gasteiger partial charge on any atom is 0.283 e. The van der Waals surface area contributed by atoms with Crippen molar-refractivity contribution in [1.82, 2.24) is 10.3 Å². The Balaban J connectivity index is 1.75. The molecule has 1 fully saturated rings. The van der Waals surface area contributed by atoms with Crippen molar-refractivity contribution in [2.75, 3.05) is 20.1 Å². The van der Waals surface area contributed by atoms with E-state index in [1.807, 2.05) is 24.3 Å². The molecule has 4 nitrogen and oxygen atoms in total. The Morgan fingerprint density at radius 3 is 2.76 bits per heavy atom. The summed E-state index contributed by atoms with van der Waals surface area (Å²) in [6, 6.07) is 7.75. The molecule has 2 heterocycles. The van der Waals surface area contributed by atoms with E-state index in [0.717, 1.165) is 41.7 Å². The van der Waals surface area contributed by atoms with Crippen LogP contribution in [0.15, 0.2) is 29.4 Å². The summed E-state index contributed by atoms with van der Waals surface area (Å²) in [5, 5.41) is 5.67. The van der Waals surface area contributed by atoms with Crippen molar-refractivity contribution in [3.8, 4) is 0 Å². The number of halogens is 1. The molecule has 1 aliphatic rings. The number of benzene rings is 1. The van der Waals surface area contributed by atoms with Crippen molar-refractivity contribution in [2.24, 2.45) is 5.10 Å². The number of carbonyl (C=O) groups excluding carboxylic acids is 1. The highest BCUT2D eigenvalue weighted by atomic mass is 35.5. The van der Waals surface area contributed by atoms with Crippen molar-refractivity contribution in [3.63, 3.8) is 0 Å². The lowest BCUT2D eigenvalue weighted by atomic mass is 10.1. The first-order valence-electron chi connectivity index (χ1n) is 6.86. The van der Waals surface area contributed by atoms with Crippen LogP contribution in [0.5, 0.6) is 0 Å². The minimum absolute atomic E-state index is 0.229. The van der Waals surface area contributed by atoms with E-state index in [1.54, 1.807) is 0 Å². The fraction of sp³-hybridized carbons (Fsp3) is 0.333. The summed E-state index contributed by atoms with van der Waals surface area (Å²) in [5.41, 5.74) is 3.68. The molecule has 3 rings (SSSR count). The smallest absolute Gasteiger partial charge is 0.283 e. The van der Waals surface area contributed by atoms with Gasteiger partial charge < -0.3 is 4.90 Å². The van der Waals surface area contributed by atoms with E-state index in [1.165, 1.54) is 11.3 Å². The molecule has 1 aliphatic heterocycles. The van der Waals surface area contributed by atoms with E-state index in [9.17, 15) is 4.79 Å². The standard InChI is InChI=1S/C15H16ClN3OS/c1-19-8-6-10(7-9-19)17-18-15(20)14-13(16)11-4-2-3-5-12(11)21-14/h2-5H,6-9H2,1H3,(H,18,20). The van der Waals surface area contributed by atoms with Crippen LogP contribution in [0.4, 0.5) is 0 Å². The zero-order chi connectivity index (χ0) is 14.8. The van der Waals surface area contributed by atoms with Gasteiger partial charge in [0.1, 0.15) is 4.88 Å². The van der Waals surface area contributed by atoms with Gasteiger partial charge in [-0.1, -0.05) is 29.8 Å². The molecule has 110 valence electrons. The van der Waals surface area contributed by atoms with Gasteiger partial charge in [-0.3, -0.25) is 4.79 Å². The Kier molecular flexibility index (Phi) is 4.24. The van der Waals surface area contributed by atoms with Crippen molar-refractivity contribution in [2.45, 2.75) is 12.8 Å². The van der Waals surface area contributed by atoms with Crippen molar-refractivity contribution >= 4 is 44.6 Å². The molecule has 1 saturated heterocycles. The second kappa shape index (κ2) is 6.13. The van der Waals surface area contributed by atoms with Gasteiger partial charge in [0.15, 0.2) is 0 Å². The Labute approximate surface area is 132 Å². The summed E-state index contributed by atoms with van der Waals surface area (Å²) in [7, 11) is 2.09. The van der Waals surface area contributed by atoms with Gasteiger partial charge in [-0.2, -0.15) is 5.10 Å². The summed E-state index contributed by atoms with van der Waals surface area (Å²) in [4.78, 5) is 15.0. The Morgan fingerprint density at radius 2 is 2.05 bits per heavy atom. The fourth-order valence-electron chi connectivity index (χ4n) is 2.33. The number of hydrazone groups is 1. The SMILES string of the molecule is CN1CCC(=NNC(=O)c2sc3ccccc3c2Cl)CC1. The maximum absolute atomic E-state index is 12.2. The normalized spacial score (nSPS) is 16.2. The number of nitrogens with one attached hydrogen (secondary N) is 1. The Morgan fingerprint density at radius 1 is 1.33 bits per heavy atom. The summed E-state index contributed by atoms with van der Waals surface area (Å²) >= 11 is 7.68. The molecule has 1 aromatic heterocycles. The number of nitrogens with zero attached hydrogens (tertiary/aromatic N) is 2. The third-order valence-electron chi connectivity index (χ3n) is 3.62. The van der Waals surface area contributed by atoms with Crippen molar-refractivity contribution in [1.29, 1.82) is 0 Å². The van der Waals surface area contributed by atoms with Crippen LogP contribution in [0, 0.1) is 0 Å². The number of hydrogen-bond acceptors (Lipinski definition) is 4. The van der Waals surface area contributed by atoms with Crippen LogP contribution in [0.3, 0.4) is 0 Å². The predicted molar refractivity (Wildman–Crippen MR) is 88.5 cm³/mol. The van der Waals surface area contributed by atoms with Crippen molar-refractivity contribution < 1.29 is 4.79 Å². The zero-order valence-corrected chi connectivity index (χ0v) is 13.3. The molecule has 0 aliphatic carbocycles. The zero-order valence-electron chi connectivity index (χ0n) is 11.7. The Bertz CT molecular complexity index is 700. The molecule has 2 aromatic rings. The van der Waals surface area contributed by atoms with Gasteiger partial charge in [-0.25, -0.2) is 5.43 Å². The number of amides is 1. The van der Waals surface area contributed by atoms with Crippen LogP contribution in [0.2, 0.25) is 5.02 Å². The van der Waals surface area contributed by atoms with Gasteiger partial charge in [-0.15, -0.1) is 11.3 Å². The number of likely N-dealkylation sites (tertiary alicyclic amines) is 1. The number of hydrogen-bond donors (Lipinski definition) is 1. The van der Waals surface area contributed by atoms with E-state index >= 15 is 0 Å². The minimum atomic E-state index is -0.229. The average Bonchev–Trinajstić information content (AvgIpc) is 2.84. The van der Waals surface area contributed by atoms with Crippen LogP contribution in [0.1, 0.15) is 22.5 Å². The quantitative estimate of drug-likeness (QED) is 0.862. The molecule has 1 aromatic carbocycles. The van der Waals surface area contributed by atoms with Gasteiger partial charge in [0.2, 0.25) is 0 Å². The van der Waals surface area contributed by atoms with Crippen molar-refractivity contribution in [3.05, 3.63) is 34.2 Å². The van der Waals surface area contributed by atoms with Crippen LogP contribution in [-0.2, 0) is 0 Å². The number of fused-ring (bicyclic) bond motifs is 1. The molecule has 0 spiro atoms. The largest absolute Gasteiger partial charge is 0.306 e. The van der Waals surface area contributed by atoms with E-state index in [4.69, 9.17) is 11.6 Å². The third kappa shape index (κ3) is 3.10. The number of rotatable bonds is 2. The summed E-state index contributed by atoms with van der Waals surface area (Å²) < 4.78 is 1.01. The van der Waals surface area contributed by atoms with Gasteiger partial charge in [0, 0.05) is 41.7 Å². The first kappa shape index (κ1) is 14.5. The van der Waals surface area contributed by atoms with Crippen LogP contribution in [-0.4, -0.2) is 36.7 Å². The molecular weight excluding hydrogens is 306 g/mol. The van der Waals surface area contributed by atoms with E-state index in [0.29, 0.717) is 9.90 Å². The van der Waals surface area contributed by atoms with E-state index in [2.05, 4.69) is 22.5 Å². The molecule has 0 bridgehead atoms. The highest BCUT2D eigenvalue weighted by Gasteiger charge is 2.17. The molecule has 1 amide bonds. The number of piperidine rings is 1. The van der Waals surface area contributed by atoms with Gasteiger partial charge >= 0.3 is 0 Å². The van der Waals surface area contributed by atoms with Crippen LogP contribution >= 0.6 is 22.9 Å². The fourth-order valence-corrected chi connectivity index (χ4v) is 3.74. The van der Waals surface area contributed by atoms with Gasteiger partial charge in [0.25, 0.3) is 5.91 Å². The predicted octanol–water partition coefficient (Wildman–Crippen LogP) is 3.37. The molecule has 0 radical (unpaired) electrons. The molecule has 6 heteroatoms. The molecule has 0 saturated carbocycles. The first-order chi connectivity index (χ1) is 10.1. The molecule has 1 N–H and O–H groups in total. The molecular formula is C15H16ClN3OS. The van der Waals surface area contributed by atoms with E-state index < -0.39 is 0 Å². The highest BCUT2D eigenvalue weighted by molar-refractivity contribution is 7.21. The topological polar surface area (TPSA) is 44.7 Å². The first-order valence-corrected chi connectivity index (χ1v) is 8.06. The Hall–Kier alpha value is -1.43. The molecule has 21 heavy (non-hydrogen) atoms. The maximum atomic E-state index is 12.2. The average molecular weight is 322 g/mol. The van der Waals surface area contributed by atoms with Crippen LogP contribution < -0.4 is 5.43 Å².